The van der Waals surface area contributed by atoms with Crippen molar-refractivity contribution in [2.45, 2.75) is 32.6 Å². The van der Waals surface area contributed by atoms with Gasteiger partial charge in [-0.15, -0.1) is 0 Å². The first-order valence-corrected chi connectivity index (χ1v) is 8.33. The molecule has 6 heteroatoms. The normalized spacial score (nSPS) is 15.0. The minimum atomic E-state index is -0.942. The van der Waals surface area contributed by atoms with Gasteiger partial charge in [-0.2, -0.15) is 0 Å². The maximum absolute atomic E-state index is 11.1. The van der Waals surface area contributed by atoms with Crippen LogP contribution >= 0.6 is 0 Å². The third-order valence-corrected chi connectivity index (χ3v) is 4.14. The summed E-state index contributed by atoms with van der Waals surface area (Å²) >= 11 is 0. The fraction of sp³-hybridized carbons (Fsp3) is 0.389. The molecule has 126 valence electrons. The number of carbonyl (C=O) groups is 1. The molecule has 0 atom stereocenters. The highest BCUT2D eigenvalue weighted by Gasteiger charge is 2.13. The van der Waals surface area contributed by atoms with E-state index in [2.05, 4.69) is 20.2 Å². The topological polar surface area (TPSA) is 78.3 Å². The number of rotatable bonds is 4. The summed E-state index contributed by atoms with van der Waals surface area (Å²) < 4.78 is 0. The number of nitrogens with one attached hydrogen (secondary N) is 1. The zero-order valence-corrected chi connectivity index (χ0v) is 13.8. The number of aromatic carboxylic acids is 1. The van der Waals surface area contributed by atoms with E-state index in [-0.39, 0.29) is 5.56 Å². The van der Waals surface area contributed by atoms with Crippen molar-refractivity contribution in [2.75, 3.05) is 23.3 Å². The molecule has 0 amide bonds. The molecule has 1 aromatic heterocycles. The Hall–Kier alpha value is -2.63. The van der Waals surface area contributed by atoms with Gasteiger partial charge in [0.2, 0.25) is 0 Å². The molecule has 0 aliphatic carbocycles. The minimum Gasteiger partial charge on any atom is -0.478 e. The molecule has 0 bridgehead atoms. The van der Waals surface area contributed by atoms with Gasteiger partial charge in [0.15, 0.2) is 0 Å². The number of aryl methyl sites for hydroxylation is 1. The van der Waals surface area contributed by atoms with Crippen LogP contribution in [0.5, 0.6) is 0 Å². The molecule has 24 heavy (non-hydrogen) atoms. The zero-order chi connectivity index (χ0) is 16.9. The average Bonchev–Trinajstić information content (AvgIpc) is 2.84. The standard InChI is InChI=1S/C18H22N4O2/c1-13-19-16(21-15-8-6-7-14(11-15)18(23)24)12-17(20-13)22-9-4-2-3-5-10-22/h6-8,11-12H,2-5,9-10H2,1H3,(H,23,24)(H,19,20,21). The number of nitrogens with zero attached hydrogens (tertiary/aromatic N) is 3. The van der Waals surface area contributed by atoms with Crippen molar-refractivity contribution in [3.05, 3.63) is 41.7 Å². The predicted octanol–water partition coefficient (Wildman–Crippen LogP) is 3.61. The maximum atomic E-state index is 11.1. The lowest BCUT2D eigenvalue weighted by Crippen LogP contribution is -2.25. The summed E-state index contributed by atoms with van der Waals surface area (Å²) in [6, 6.07) is 8.66. The first-order chi connectivity index (χ1) is 11.6. The summed E-state index contributed by atoms with van der Waals surface area (Å²) in [5.41, 5.74) is 0.952. The van der Waals surface area contributed by atoms with Crippen LogP contribution in [0.15, 0.2) is 30.3 Å². The number of benzene rings is 1. The van der Waals surface area contributed by atoms with E-state index in [1.54, 1.807) is 18.2 Å². The molecule has 2 heterocycles. The lowest BCUT2D eigenvalue weighted by Gasteiger charge is -2.22. The second-order valence-corrected chi connectivity index (χ2v) is 6.07. The Bertz CT molecular complexity index is 725. The Labute approximate surface area is 141 Å². The number of aromatic nitrogens is 2. The first-order valence-electron chi connectivity index (χ1n) is 8.33. The summed E-state index contributed by atoms with van der Waals surface area (Å²) in [4.78, 5) is 22.4. The molecule has 2 aromatic rings. The molecule has 1 fully saturated rings. The number of hydrogen-bond donors (Lipinski definition) is 2. The van der Waals surface area contributed by atoms with Gasteiger partial charge in [-0.3, -0.25) is 0 Å². The molecule has 0 unspecified atom stereocenters. The van der Waals surface area contributed by atoms with Crippen LogP contribution in [-0.4, -0.2) is 34.1 Å². The Morgan fingerprint density at radius 1 is 1.12 bits per heavy atom. The van der Waals surface area contributed by atoms with Gasteiger partial charge in [-0.25, -0.2) is 14.8 Å². The molecule has 0 spiro atoms. The van der Waals surface area contributed by atoms with Crippen molar-refractivity contribution >= 4 is 23.3 Å². The summed E-state index contributed by atoms with van der Waals surface area (Å²) in [6.07, 6.45) is 4.92. The van der Waals surface area contributed by atoms with Gasteiger partial charge < -0.3 is 15.3 Å². The van der Waals surface area contributed by atoms with Crippen molar-refractivity contribution in [2.24, 2.45) is 0 Å². The Morgan fingerprint density at radius 2 is 1.88 bits per heavy atom. The van der Waals surface area contributed by atoms with Gasteiger partial charge in [-0.1, -0.05) is 18.9 Å². The lowest BCUT2D eigenvalue weighted by molar-refractivity contribution is 0.0697. The molecule has 1 aliphatic heterocycles. The van der Waals surface area contributed by atoms with Crippen LogP contribution in [0.3, 0.4) is 0 Å². The third kappa shape index (κ3) is 4.01. The largest absolute Gasteiger partial charge is 0.478 e. The van der Waals surface area contributed by atoms with Gasteiger partial charge >= 0.3 is 5.97 Å². The van der Waals surface area contributed by atoms with E-state index in [0.717, 1.165) is 18.9 Å². The molecule has 6 nitrogen and oxygen atoms in total. The average molecular weight is 326 g/mol. The van der Waals surface area contributed by atoms with E-state index in [0.29, 0.717) is 17.3 Å². The van der Waals surface area contributed by atoms with Crippen molar-refractivity contribution < 1.29 is 9.90 Å². The molecular formula is C18H22N4O2. The SMILES string of the molecule is Cc1nc(Nc2cccc(C(=O)O)c2)cc(N2CCCCCC2)n1. The summed E-state index contributed by atoms with van der Waals surface area (Å²) in [5.74, 6) is 1.38. The Kier molecular flexibility index (Phi) is 4.93. The highest BCUT2D eigenvalue weighted by atomic mass is 16.4. The van der Waals surface area contributed by atoms with Crippen LogP contribution < -0.4 is 10.2 Å². The molecule has 1 aromatic carbocycles. The van der Waals surface area contributed by atoms with Crippen molar-refractivity contribution in [3.63, 3.8) is 0 Å². The van der Waals surface area contributed by atoms with Crippen molar-refractivity contribution in [1.82, 2.24) is 9.97 Å². The van der Waals surface area contributed by atoms with Gasteiger partial charge in [0.1, 0.15) is 17.5 Å². The zero-order valence-electron chi connectivity index (χ0n) is 13.8. The number of carboxylic acid groups (broad SMARTS) is 1. The van der Waals surface area contributed by atoms with Crippen LogP contribution in [-0.2, 0) is 0 Å². The molecule has 1 aliphatic rings. The van der Waals surface area contributed by atoms with Crippen molar-refractivity contribution in [1.29, 1.82) is 0 Å². The van der Waals surface area contributed by atoms with Crippen LogP contribution in [0.25, 0.3) is 0 Å². The second-order valence-electron chi connectivity index (χ2n) is 6.07. The van der Waals surface area contributed by atoms with Gasteiger partial charge in [0.25, 0.3) is 0 Å². The number of hydrogen-bond acceptors (Lipinski definition) is 5. The van der Waals surface area contributed by atoms with Crippen LogP contribution in [0, 0.1) is 6.92 Å². The number of anilines is 3. The molecule has 3 rings (SSSR count). The molecule has 0 saturated carbocycles. The van der Waals surface area contributed by atoms with Crippen LogP contribution in [0.4, 0.5) is 17.3 Å². The highest BCUT2D eigenvalue weighted by Crippen LogP contribution is 2.23. The Balaban J connectivity index is 1.83. The van der Waals surface area contributed by atoms with E-state index in [1.165, 1.54) is 25.7 Å². The molecule has 1 saturated heterocycles. The molecule has 0 radical (unpaired) electrons. The van der Waals surface area contributed by atoms with Crippen LogP contribution in [0.1, 0.15) is 41.9 Å². The van der Waals surface area contributed by atoms with E-state index in [4.69, 9.17) is 5.11 Å². The van der Waals surface area contributed by atoms with Crippen LogP contribution in [0.2, 0.25) is 0 Å². The van der Waals surface area contributed by atoms with E-state index in [9.17, 15) is 4.79 Å². The quantitative estimate of drug-likeness (QED) is 0.893. The van der Waals surface area contributed by atoms with E-state index < -0.39 is 5.97 Å². The highest BCUT2D eigenvalue weighted by molar-refractivity contribution is 5.89. The fourth-order valence-electron chi connectivity index (χ4n) is 2.96. The fourth-order valence-corrected chi connectivity index (χ4v) is 2.96. The monoisotopic (exact) mass is 326 g/mol. The maximum Gasteiger partial charge on any atom is 0.335 e. The second kappa shape index (κ2) is 7.29. The summed E-state index contributed by atoms with van der Waals surface area (Å²) in [7, 11) is 0. The molecule has 2 N–H and O–H groups in total. The smallest absolute Gasteiger partial charge is 0.335 e. The minimum absolute atomic E-state index is 0.249. The van der Waals surface area contributed by atoms with E-state index in [1.807, 2.05) is 19.1 Å². The summed E-state index contributed by atoms with van der Waals surface area (Å²) in [5, 5.41) is 12.3. The lowest BCUT2D eigenvalue weighted by atomic mass is 10.2. The van der Waals surface area contributed by atoms with Gasteiger partial charge in [0.05, 0.1) is 5.56 Å². The Morgan fingerprint density at radius 3 is 2.58 bits per heavy atom. The van der Waals surface area contributed by atoms with E-state index >= 15 is 0 Å². The first kappa shape index (κ1) is 16.2. The van der Waals surface area contributed by atoms with Crippen molar-refractivity contribution in [3.8, 4) is 0 Å². The van der Waals surface area contributed by atoms with Gasteiger partial charge in [0, 0.05) is 24.8 Å². The number of carboxylic acids is 1. The van der Waals surface area contributed by atoms with Gasteiger partial charge in [-0.05, 0) is 38.0 Å². The summed E-state index contributed by atoms with van der Waals surface area (Å²) in [6.45, 7) is 3.91. The third-order valence-electron chi connectivity index (χ3n) is 4.14. The molecular weight excluding hydrogens is 304 g/mol. The predicted molar refractivity (Wildman–Crippen MR) is 94.1 cm³/mol.